The van der Waals surface area contributed by atoms with E-state index in [0.29, 0.717) is 0 Å². The van der Waals surface area contributed by atoms with Crippen molar-refractivity contribution in [3.63, 3.8) is 0 Å². The van der Waals surface area contributed by atoms with Crippen LogP contribution in [0.4, 0.5) is 17.1 Å². The van der Waals surface area contributed by atoms with E-state index in [0.717, 1.165) is 22.7 Å². The Bertz CT molecular complexity index is 3940. The number of hydrogen-bond acceptors (Lipinski definition) is 1. The minimum Gasteiger partial charge on any atom is -0.311 e. The van der Waals surface area contributed by atoms with E-state index >= 15 is 0 Å². The van der Waals surface area contributed by atoms with Crippen molar-refractivity contribution in [2.75, 3.05) is 4.90 Å². The molecule has 0 saturated carbocycles. The lowest BCUT2D eigenvalue weighted by Gasteiger charge is -2.42. The van der Waals surface area contributed by atoms with Crippen molar-refractivity contribution in [2.45, 2.75) is 19.6 Å². The average molecular weight is 951 g/mol. The molecule has 13 aromatic rings. The molecule has 0 aliphatic rings. The third-order valence-corrected chi connectivity index (χ3v) is 18.2. The Morgan fingerprint density at radius 2 is 0.712 bits per heavy atom. The van der Waals surface area contributed by atoms with E-state index < -0.39 is 10.0 Å². The topological polar surface area (TPSA) is 8.17 Å². The molecule has 0 radical (unpaired) electrons. The van der Waals surface area contributed by atoms with E-state index in [1.807, 2.05) is 0 Å². The summed E-state index contributed by atoms with van der Waals surface area (Å²) in [6.45, 7) is 0. The maximum atomic E-state index is 2.40. The predicted octanol–water partition coefficient (Wildman–Crippen LogP) is 19.7. The fourth-order valence-corrected chi connectivity index (χ4v) is 14.8. The van der Waals surface area contributed by atoms with Crippen molar-refractivity contribution >= 4 is 59.7 Å². The van der Waals surface area contributed by atoms with Gasteiger partial charge in [0.25, 0.3) is 0 Å². The lowest BCUT2D eigenvalue weighted by atomic mass is 9.97. The molecule has 0 unspecified atom stereocenters. The Kier molecular flexibility index (Phi) is 11.3. The molecule has 12 aromatic carbocycles. The molecule has 346 valence electrons. The molecule has 0 aliphatic carbocycles. The smallest absolute Gasteiger partial charge is 0.0547 e. The Labute approximate surface area is 428 Å². The van der Waals surface area contributed by atoms with Gasteiger partial charge in [0.15, 0.2) is 0 Å². The monoisotopic (exact) mass is 950 g/mol. The molecule has 0 fully saturated rings. The molecule has 0 aliphatic heterocycles. The summed E-state index contributed by atoms with van der Waals surface area (Å²) in [7, 11) is -1.86. The van der Waals surface area contributed by atoms with Gasteiger partial charge < -0.3 is 9.47 Å². The van der Waals surface area contributed by atoms with Gasteiger partial charge in [0.2, 0.25) is 0 Å². The predicted molar refractivity (Wildman–Crippen MR) is 309 cm³/mol. The molecule has 73 heavy (non-hydrogen) atoms. The van der Waals surface area contributed by atoms with Gasteiger partial charge in [-0.1, -0.05) is 182 Å². The highest BCUT2D eigenvalue weighted by atomic mass is 32.3. The van der Waals surface area contributed by atoms with Crippen LogP contribution in [0.15, 0.2) is 323 Å². The highest BCUT2D eigenvalue weighted by Gasteiger charge is 2.33. The molecule has 0 saturated heterocycles. The average Bonchev–Trinajstić information content (AvgIpc) is 3.82. The van der Waals surface area contributed by atoms with Crippen molar-refractivity contribution < 1.29 is 0 Å². The zero-order chi connectivity index (χ0) is 48.6. The Hall–Kier alpha value is -9.15. The van der Waals surface area contributed by atoms with Gasteiger partial charge in [0, 0.05) is 53.1 Å². The van der Waals surface area contributed by atoms with Crippen LogP contribution in [0.2, 0.25) is 0 Å². The van der Waals surface area contributed by atoms with Gasteiger partial charge in [-0.15, -0.1) is 10.0 Å². The molecular formula is C70H50N2S. The molecule has 0 spiro atoms. The SMILES string of the molecule is c1ccc(-n2c3ccccc3c3c(-c4ccc(N(c5ccc(-c6cccc(-c7ccc8ccccc8c7)c6)cc5)c5ccc(S(c6ccccc6)(c6ccccc6)c6ccccc6)cc5)cc4)cccc32)cc1. The lowest BCUT2D eigenvalue weighted by molar-refractivity contribution is 1.18. The minimum absolute atomic E-state index is 1.08. The van der Waals surface area contributed by atoms with Gasteiger partial charge in [-0.3, -0.25) is 0 Å². The molecule has 13 rings (SSSR count). The summed E-state index contributed by atoms with van der Waals surface area (Å²) in [4.78, 5) is 7.58. The van der Waals surface area contributed by atoms with Gasteiger partial charge in [0.05, 0.1) is 11.0 Å². The summed E-state index contributed by atoms with van der Waals surface area (Å²) in [5.41, 5.74) is 13.9. The number of nitrogens with zero attached hydrogens (tertiary/aromatic N) is 2. The van der Waals surface area contributed by atoms with E-state index in [1.54, 1.807) is 0 Å². The number of para-hydroxylation sites is 2. The third kappa shape index (κ3) is 7.88. The number of aromatic nitrogens is 1. The van der Waals surface area contributed by atoms with Crippen molar-refractivity contribution in [1.29, 1.82) is 0 Å². The largest absolute Gasteiger partial charge is 0.311 e. The van der Waals surface area contributed by atoms with Crippen LogP contribution in [0.3, 0.4) is 0 Å². The first-order valence-corrected chi connectivity index (χ1v) is 26.6. The van der Waals surface area contributed by atoms with E-state index in [1.165, 1.54) is 85.5 Å². The minimum atomic E-state index is -1.86. The van der Waals surface area contributed by atoms with Crippen LogP contribution in [0.1, 0.15) is 0 Å². The fraction of sp³-hybridized carbons (Fsp3) is 0. The molecule has 3 heteroatoms. The molecule has 0 bridgehead atoms. The molecule has 0 amide bonds. The summed E-state index contributed by atoms with van der Waals surface area (Å²) in [5.74, 6) is 0. The molecular weight excluding hydrogens is 901 g/mol. The first-order chi connectivity index (χ1) is 36.2. The van der Waals surface area contributed by atoms with Gasteiger partial charge >= 0.3 is 0 Å². The van der Waals surface area contributed by atoms with Crippen LogP contribution in [-0.2, 0) is 0 Å². The van der Waals surface area contributed by atoms with Crippen LogP contribution in [-0.4, -0.2) is 4.57 Å². The van der Waals surface area contributed by atoms with E-state index in [-0.39, 0.29) is 0 Å². The van der Waals surface area contributed by atoms with Gasteiger partial charge in [-0.25, -0.2) is 0 Å². The van der Waals surface area contributed by atoms with Gasteiger partial charge in [-0.2, -0.15) is 0 Å². The first kappa shape index (κ1) is 43.8. The molecule has 0 N–H and O–H groups in total. The van der Waals surface area contributed by atoms with Crippen LogP contribution < -0.4 is 4.90 Å². The summed E-state index contributed by atoms with van der Waals surface area (Å²) in [6.07, 6.45) is 0. The van der Waals surface area contributed by atoms with Crippen LogP contribution in [0, 0.1) is 0 Å². The second kappa shape index (κ2) is 18.9. The summed E-state index contributed by atoms with van der Waals surface area (Å²) in [6, 6.07) is 111. The maximum Gasteiger partial charge on any atom is 0.0547 e. The summed E-state index contributed by atoms with van der Waals surface area (Å²) in [5, 5.41) is 4.99. The number of anilines is 3. The van der Waals surface area contributed by atoms with Gasteiger partial charge in [0.1, 0.15) is 0 Å². The van der Waals surface area contributed by atoms with Crippen LogP contribution in [0.25, 0.3) is 71.6 Å². The number of rotatable bonds is 11. The molecule has 2 nitrogen and oxygen atoms in total. The maximum absolute atomic E-state index is 2.40. The Morgan fingerprint density at radius 1 is 0.274 bits per heavy atom. The first-order valence-electron chi connectivity index (χ1n) is 25.0. The Balaban J connectivity index is 0.929. The number of fused-ring (bicyclic) bond motifs is 4. The summed E-state index contributed by atoms with van der Waals surface area (Å²) >= 11 is 0. The van der Waals surface area contributed by atoms with Crippen molar-refractivity contribution in [3.05, 3.63) is 303 Å². The highest BCUT2D eigenvalue weighted by Crippen LogP contribution is 2.73. The highest BCUT2D eigenvalue weighted by molar-refractivity contribution is 8.34. The Morgan fingerprint density at radius 3 is 1.33 bits per heavy atom. The number of benzene rings is 12. The van der Waals surface area contributed by atoms with E-state index in [2.05, 4.69) is 313 Å². The molecule has 0 atom stereocenters. The van der Waals surface area contributed by atoms with Crippen LogP contribution in [0.5, 0.6) is 0 Å². The zero-order valence-electron chi connectivity index (χ0n) is 40.2. The molecule has 1 aromatic heterocycles. The van der Waals surface area contributed by atoms with Crippen molar-refractivity contribution in [3.8, 4) is 39.1 Å². The normalized spacial score (nSPS) is 11.8. The van der Waals surface area contributed by atoms with E-state index in [9.17, 15) is 0 Å². The van der Waals surface area contributed by atoms with E-state index in [4.69, 9.17) is 0 Å². The second-order valence-electron chi connectivity index (χ2n) is 18.5. The number of hydrogen-bond donors (Lipinski definition) is 0. The quantitative estimate of drug-likeness (QED) is 0.125. The standard InChI is InChI=1S/C70H50N2S/c1-5-23-58(24-6-1)72-68-33-16-15-31-67(68)70-66(32-18-34-69(70)72)53-39-43-60(44-40-53)71(59-41-37-52(38-42-59)55-21-17-22-56(49-55)57-36-35-51-19-13-14-20-54(51)50-57)61-45-47-65(48-46-61)73(62-25-7-2-8-26-62,63-27-9-3-10-28-63)64-29-11-4-12-30-64/h1-50H. The fourth-order valence-electron chi connectivity index (χ4n) is 10.9. The lowest BCUT2D eigenvalue weighted by Crippen LogP contribution is -2.10. The zero-order valence-corrected chi connectivity index (χ0v) is 41.0. The van der Waals surface area contributed by atoms with Crippen molar-refractivity contribution in [1.82, 2.24) is 4.57 Å². The molecule has 1 heterocycles. The summed E-state index contributed by atoms with van der Waals surface area (Å²) < 4.78 is 2.39. The van der Waals surface area contributed by atoms with Crippen molar-refractivity contribution in [2.24, 2.45) is 0 Å². The second-order valence-corrected chi connectivity index (χ2v) is 21.6. The third-order valence-electron chi connectivity index (χ3n) is 14.3. The van der Waals surface area contributed by atoms with Crippen LogP contribution >= 0.6 is 10.0 Å². The van der Waals surface area contributed by atoms with Gasteiger partial charge in [-0.05, 0) is 165 Å².